The molecule has 4 rings (SSSR count). The van der Waals surface area contributed by atoms with Crippen molar-refractivity contribution in [2.45, 2.75) is 90.8 Å². The Morgan fingerprint density at radius 2 is 1.79 bits per heavy atom. The molecule has 0 radical (unpaired) electrons. The molecule has 2 unspecified atom stereocenters. The van der Waals surface area contributed by atoms with Gasteiger partial charge in [0.05, 0.1) is 25.7 Å². The molecule has 1 saturated carbocycles. The van der Waals surface area contributed by atoms with Gasteiger partial charge in [-0.25, -0.2) is 0 Å². The van der Waals surface area contributed by atoms with E-state index in [1.54, 1.807) is 33.1 Å². The van der Waals surface area contributed by atoms with Crippen LogP contribution in [0, 0.1) is 11.3 Å². The number of methoxy groups -OCH3 is 1. The molecule has 0 saturated heterocycles. The van der Waals surface area contributed by atoms with E-state index in [0.717, 1.165) is 32.1 Å². The maximum Gasteiger partial charge on any atom is 0.357 e. The zero-order chi connectivity index (χ0) is 30.7. The van der Waals surface area contributed by atoms with Gasteiger partial charge in [-0.1, -0.05) is 70.5 Å². The first-order valence-corrected chi connectivity index (χ1v) is 17.2. The number of carbonyl (C=O) groups excluding carboxylic acids is 1. The second kappa shape index (κ2) is 13.2. The molecule has 1 fully saturated rings. The normalized spacial score (nSPS) is 24.3. The summed E-state index contributed by atoms with van der Waals surface area (Å²) < 4.78 is 31.0. The fourth-order valence-electron chi connectivity index (χ4n) is 7.31. The van der Waals surface area contributed by atoms with E-state index in [9.17, 15) is 9.36 Å². The molecule has 0 spiro atoms. The van der Waals surface area contributed by atoms with E-state index in [1.165, 1.54) is 16.7 Å². The summed E-state index contributed by atoms with van der Waals surface area (Å²) >= 11 is 5.70. The Morgan fingerprint density at radius 3 is 2.43 bits per heavy atom. The number of para-hydroxylation sites is 1. The molecule has 2 aromatic carbocycles. The monoisotopic (exact) mass is 614 g/mol. The average Bonchev–Trinajstić information content (AvgIpc) is 2.95. The van der Waals surface area contributed by atoms with Gasteiger partial charge in [-0.2, -0.15) is 0 Å². The van der Waals surface area contributed by atoms with Crippen molar-refractivity contribution in [1.82, 2.24) is 10.6 Å². The van der Waals surface area contributed by atoms with E-state index in [0.29, 0.717) is 17.2 Å². The summed E-state index contributed by atoms with van der Waals surface area (Å²) in [5.74, 6) is 0.0847. The molecule has 0 heterocycles. The maximum atomic E-state index is 14.1. The topological polar surface area (TPSA) is 85.9 Å². The highest BCUT2D eigenvalue weighted by Gasteiger charge is 2.55. The summed E-state index contributed by atoms with van der Waals surface area (Å²) in [6.07, 6.45) is 4.70. The molecule has 9 heteroatoms. The lowest BCUT2D eigenvalue weighted by Gasteiger charge is -2.54. The Morgan fingerprint density at radius 1 is 1.10 bits per heavy atom. The van der Waals surface area contributed by atoms with Crippen LogP contribution >= 0.6 is 19.8 Å². The number of hydrogen-bond donors (Lipinski definition) is 2. The first-order valence-electron chi connectivity index (χ1n) is 15.2. The number of nitrogens with one attached hydrogen (secondary N) is 2. The Hall–Kier alpha value is -2.25. The lowest BCUT2D eigenvalue weighted by Crippen LogP contribution is -2.57. The van der Waals surface area contributed by atoms with E-state index in [1.807, 2.05) is 12.1 Å². The minimum atomic E-state index is -3.75. The number of amides is 1. The highest BCUT2D eigenvalue weighted by molar-refractivity contribution is 7.80. The molecule has 0 aliphatic heterocycles. The summed E-state index contributed by atoms with van der Waals surface area (Å²) in [5, 5.41) is 6.20. The second-order valence-electron chi connectivity index (χ2n) is 12.3. The van der Waals surface area contributed by atoms with Gasteiger partial charge < -0.3 is 24.4 Å². The van der Waals surface area contributed by atoms with E-state index >= 15 is 0 Å². The van der Waals surface area contributed by atoms with Crippen LogP contribution in [0.4, 0.5) is 0 Å². The van der Waals surface area contributed by atoms with Gasteiger partial charge in [0.1, 0.15) is 5.75 Å². The highest BCUT2D eigenvalue weighted by Crippen LogP contribution is 2.61. The number of hydrogen-bond acceptors (Lipinski definition) is 6. The van der Waals surface area contributed by atoms with Gasteiger partial charge in [-0.15, -0.1) is 0 Å². The number of rotatable bonds is 10. The fourth-order valence-corrected chi connectivity index (χ4v) is 9.55. The maximum absolute atomic E-state index is 14.1. The van der Waals surface area contributed by atoms with Crippen molar-refractivity contribution in [3.63, 3.8) is 0 Å². The SMILES string of the molecule is CCOP(=O)(OCC)C(NC(=S)NC(=O)[C@]1(C)CCC[C@]2(C)c3ccc(C(C)C)cc3CCC12)c1ccccc1OC. The third-order valence-electron chi connectivity index (χ3n) is 9.43. The molecular weight excluding hydrogens is 567 g/mol. The lowest BCUT2D eigenvalue weighted by atomic mass is 9.49. The molecule has 2 N–H and O–H groups in total. The molecule has 2 aliphatic rings. The van der Waals surface area contributed by atoms with Crippen molar-refractivity contribution in [3.05, 3.63) is 64.7 Å². The number of carbonyl (C=O) groups is 1. The summed E-state index contributed by atoms with van der Waals surface area (Å²) in [5.41, 5.74) is 4.03. The van der Waals surface area contributed by atoms with E-state index in [2.05, 4.69) is 56.5 Å². The van der Waals surface area contributed by atoms with E-state index in [4.69, 9.17) is 26.0 Å². The van der Waals surface area contributed by atoms with Crippen molar-refractivity contribution >= 4 is 30.8 Å². The van der Waals surface area contributed by atoms with Crippen LogP contribution in [0.25, 0.3) is 0 Å². The molecule has 2 aliphatic carbocycles. The fraction of sp³-hybridized carbons (Fsp3) is 0.576. The van der Waals surface area contributed by atoms with E-state index in [-0.39, 0.29) is 35.6 Å². The zero-order valence-corrected chi connectivity index (χ0v) is 27.8. The molecule has 230 valence electrons. The molecule has 1 amide bonds. The predicted molar refractivity (Wildman–Crippen MR) is 172 cm³/mol. The van der Waals surface area contributed by atoms with Crippen molar-refractivity contribution in [2.75, 3.05) is 20.3 Å². The molecular formula is C33H47N2O5PS. The highest BCUT2D eigenvalue weighted by atomic mass is 32.1. The first-order chi connectivity index (χ1) is 19.9. The number of ether oxygens (including phenoxy) is 1. The standard InChI is InChI=1S/C33H47N2O5PS/c1-8-39-41(37,40-9-2)29(25-13-10-11-14-27(25)38-7)34-31(42)35-30(36)33(6)20-12-19-32(5)26-17-15-23(22(3)4)21-24(26)16-18-28(32)33/h10-11,13-15,17,21-22,28-29H,8-9,12,16,18-20H2,1-7H3,(H2,34,35,36,42)/t28?,29?,32-,33-/m1/s1. The Balaban J connectivity index is 1.60. The molecule has 2 aromatic rings. The first kappa shape index (κ1) is 32.7. The largest absolute Gasteiger partial charge is 0.496 e. The van der Waals surface area contributed by atoms with Crippen LogP contribution in [0.3, 0.4) is 0 Å². The third kappa shape index (κ3) is 6.19. The van der Waals surface area contributed by atoms with Gasteiger partial charge in [-0.3, -0.25) is 9.36 Å². The van der Waals surface area contributed by atoms with Crippen LogP contribution in [-0.2, 0) is 30.2 Å². The summed E-state index contributed by atoms with van der Waals surface area (Å²) in [4.78, 5) is 14.1. The van der Waals surface area contributed by atoms with Gasteiger partial charge in [0, 0.05) is 5.56 Å². The zero-order valence-electron chi connectivity index (χ0n) is 26.1. The Labute approximate surface area is 257 Å². The summed E-state index contributed by atoms with van der Waals surface area (Å²) in [7, 11) is -2.20. The van der Waals surface area contributed by atoms with Crippen molar-refractivity contribution in [2.24, 2.45) is 11.3 Å². The lowest BCUT2D eigenvalue weighted by molar-refractivity contribution is -0.137. The van der Waals surface area contributed by atoms with Gasteiger partial charge in [0.25, 0.3) is 0 Å². The van der Waals surface area contributed by atoms with Crippen molar-refractivity contribution in [1.29, 1.82) is 0 Å². The number of thiocarbonyl (C=S) groups is 1. The van der Waals surface area contributed by atoms with Crippen LogP contribution in [-0.4, -0.2) is 31.3 Å². The predicted octanol–water partition coefficient (Wildman–Crippen LogP) is 7.78. The van der Waals surface area contributed by atoms with Crippen molar-refractivity contribution in [3.8, 4) is 5.75 Å². The number of aryl methyl sites for hydroxylation is 1. The minimum absolute atomic E-state index is 0.0850. The quantitative estimate of drug-likeness (QED) is 0.209. The minimum Gasteiger partial charge on any atom is -0.496 e. The molecule has 0 aromatic heterocycles. The molecule has 4 atom stereocenters. The van der Waals surface area contributed by atoms with Crippen LogP contribution in [0.5, 0.6) is 5.75 Å². The third-order valence-corrected chi connectivity index (χ3v) is 11.9. The van der Waals surface area contributed by atoms with Gasteiger partial charge in [-0.05, 0) is 91.8 Å². The summed E-state index contributed by atoms with van der Waals surface area (Å²) in [6, 6.07) is 14.2. The number of fused-ring (bicyclic) bond motifs is 3. The van der Waals surface area contributed by atoms with Crippen LogP contribution in [0.1, 0.15) is 101 Å². The number of benzene rings is 2. The average molecular weight is 615 g/mol. The Bertz CT molecular complexity index is 1340. The van der Waals surface area contributed by atoms with Gasteiger partial charge in [0.15, 0.2) is 10.9 Å². The van der Waals surface area contributed by atoms with Crippen LogP contribution < -0.4 is 15.4 Å². The summed E-state index contributed by atoms with van der Waals surface area (Å²) in [6.45, 7) is 12.8. The van der Waals surface area contributed by atoms with Gasteiger partial charge in [0.2, 0.25) is 5.91 Å². The van der Waals surface area contributed by atoms with Crippen LogP contribution in [0.2, 0.25) is 0 Å². The second-order valence-corrected chi connectivity index (χ2v) is 14.8. The Kier molecular flexibility index (Phi) is 10.2. The van der Waals surface area contributed by atoms with Gasteiger partial charge >= 0.3 is 7.60 Å². The smallest absolute Gasteiger partial charge is 0.357 e. The molecule has 0 bridgehead atoms. The molecule has 7 nitrogen and oxygen atoms in total. The van der Waals surface area contributed by atoms with E-state index < -0.39 is 18.8 Å². The van der Waals surface area contributed by atoms with Crippen molar-refractivity contribution < 1.29 is 23.1 Å². The van der Waals surface area contributed by atoms with Crippen LogP contribution in [0.15, 0.2) is 42.5 Å². The molecule has 42 heavy (non-hydrogen) atoms.